The van der Waals surface area contributed by atoms with Gasteiger partial charge in [0, 0.05) is 11.5 Å². The van der Waals surface area contributed by atoms with Crippen LogP contribution < -0.4 is 4.74 Å². The minimum absolute atomic E-state index is 0.0343. The number of hydrogen-bond donors (Lipinski definition) is 2. The first-order valence-electron chi connectivity index (χ1n) is 10.1. The lowest BCUT2D eigenvalue weighted by molar-refractivity contribution is 0.0626. The molecule has 3 atom stereocenters. The Bertz CT molecular complexity index is 593. The van der Waals surface area contributed by atoms with Gasteiger partial charge in [0.1, 0.15) is 11.5 Å². The predicted octanol–water partition coefficient (Wildman–Crippen LogP) is 5.28. The second kappa shape index (κ2) is 7.57. The van der Waals surface area contributed by atoms with Crippen molar-refractivity contribution in [3.8, 4) is 11.5 Å². The van der Waals surface area contributed by atoms with E-state index in [1.54, 1.807) is 0 Å². The van der Waals surface area contributed by atoms with Crippen molar-refractivity contribution >= 4 is 0 Å². The molecule has 1 saturated carbocycles. The van der Waals surface area contributed by atoms with Crippen molar-refractivity contribution in [1.29, 1.82) is 0 Å². The molecule has 1 aliphatic carbocycles. The van der Waals surface area contributed by atoms with Crippen LogP contribution in [-0.4, -0.2) is 22.9 Å². The second-order valence-corrected chi connectivity index (χ2v) is 8.75. The Balaban J connectivity index is 1.82. The highest BCUT2D eigenvalue weighted by molar-refractivity contribution is 5.52. The van der Waals surface area contributed by atoms with E-state index in [2.05, 4.69) is 26.8 Å². The lowest BCUT2D eigenvalue weighted by Crippen LogP contribution is -2.33. The molecule has 3 nitrogen and oxygen atoms in total. The maximum atomic E-state index is 10.8. The lowest BCUT2D eigenvalue weighted by Gasteiger charge is -2.39. The molecular weight excluding hydrogens is 312 g/mol. The largest absolute Gasteiger partial charge is 0.508 e. The highest BCUT2D eigenvalue weighted by atomic mass is 16.5. The van der Waals surface area contributed by atoms with Crippen LogP contribution in [0.5, 0.6) is 11.5 Å². The summed E-state index contributed by atoms with van der Waals surface area (Å²) in [5, 5.41) is 20.8. The van der Waals surface area contributed by atoms with Crippen LogP contribution in [0.1, 0.15) is 89.2 Å². The Morgan fingerprint density at radius 3 is 2.72 bits per heavy atom. The quantitative estimate of drug-likeness (QED) is 0.689. The third kappa shape index (κ3) is 3.97. The van der Waals surface area contributed by atoms with E-state index in [1.165, 1.54) is 25.7 Å². The van der Waals surface area contributed by atoms with E-state index < -0.39 is 0 Å². The number of benzene rings is 1. The van der Waals surface area contributed by atoms with Crippen molar-refractivity contribution < 1.29 is 14.9 Å². The van der Waals surface area contributed by atoms with Crippen LogP contribution in [0.25, 0.3) is 0 Å². The first-order valence-corrected chi connectivity index (χ1v) is 10.1. The van der Waals surface area contributed by atoms with E-state index >= 15 is 0 Å². The number of ether oxygens (including phenoxy) is 1. The molecule has 0 radical (unpaired) electrons. The summed E-state index contributed by atoms with van der Waals surface area (Å²) in [7, 11) is 0. The first-order chi connectivity index (χ1) is 11.9. The van der Waals surface area contributed by atoms with Gasteiger partial charge in [0.2, 0.25) is 0 Å². The molecule has 3 rings (SSSR count). The van der Waals surface area contributed by atoms with Gasteiger partial charge in [-0.25, -0.2) is 0 Å². The lowest BCUT2D eigenvalue weighted by atomic mass is 9.71. The van der Waals surface area contributed by atoms with Gasteiger partial charge in [0.15, 0.2) is 0 Å². The van der Waals surface area contributed by atoms with Gasteiger partial charge in [-0.05, 0) is 54.7 Å². The molecule has 2 aliphatic rings. The first kappa shape index (κ1) is 18.6. The normalized spacial score (nSPS) is 25.8. The highest BCUT2D eigenvalue weighted by Crippen LogP contribution is 2.50. The van der Waals surface area contributed by atoms with Gasteiger partial charge in [-0.2, -0.15) is 0 Å². The summed E-state index contributed by atoms with van der Waals surface area (Å²) in [5.41, 5.74) is 2.13. The number of aliphatic hydroxyl groups is 1. The summed E-state index contributed by atoms with van der Waals surface area (Å²) in [6.45, 7) is 7.47. The monoisotopic (exact) mass is 346 g/mol. The van der Waals surface area contributed by atoms with Crippen LogP contribution in [0.15, 0.2) is 12.1 Å². The minimum Gasteiger partial charge on any atom is -0.508 e. The Labute approximate surface area is 152 Å². The molecule has 1 fully saturated rings. The molecule has 2 N–H and O–H groups in total. The van der Waals surface area contributed by atoms with E-state index in [-0.39, 0.29) is 17.4 Å². The molecule has 0 spiro atoms. The summed E-state index contributed by atoms with van der Waals surface area (Å²) in [4.78, 5) is 0. The summed E-state index contributed by atoms with van der Waals surface area (Å²) in [6.07, 6.45) is 8.48. The van der Waals surface area contributed by atoms with Crippen LogP contribution in [0, 0.1) is 5.92 Å². The van der Waals surface area contributed by atoms with Gasteiger partial charge in [-0.1, -0.05) is 46.5 Å². The van der Waals surface area contributed by atoms with E-state index in [1.807, 2.05) is 6.07 Å². The van der Waals surface area contributed by atoms with Gasteiger partial charge >= 0.3 is 0 Å². The fourth-order valence-electron chi connectivity index (χ4n) is 4.59. The van der Waals surface area contributed by atoms with Crippen LogP contribution in [0.4, 0.5) is 0 Å². The summed E-state index contributed by atoms with van der Waals surface area (Å²) < 4.78 is 6.05. The zero-order chi connectivity index (χ0) is 18.0. The summed E-state index contributed by atoms with van der Waals surface area (Å²) in [5.74, 6) is 1.86. The van der Waals surface area contributed by atoms with Crippen LogP contribution in [0.2, 0.25) is 0 Å². The fraction of sp³-hybridized carbons (Fsp3) is 0.727. The predicted molar refractivity (Wildman–Crippen MR) is 101 cm³/mol. The average molecular weight is 347 g/mol. The molecule has 1 aromatic rings. The van der Waals surface area contributed by atoms with E-state index in [9.17, 15) is 10.2 Å². The van der Waals surface area contributed by atoms with Crippen molar-refractivity contribution in [3.05, 3.63) is 23.3 Å². The fourth-order valence-corrected chi connectivity index (χ4v) is 4.59. The van der Waals surface area contributed by atoms with E-state index in [4.69, 9.17) is 4.74 Å². The Morgan fingerprint density at radius 2 is 1.96 bits per heavy atom. The number of fused-ring (bicyclic) bond motifs is 3. The molecule has 1 aromatic carbocycles. The third-order valence-corrected chi connectivity index (χ3v) is 6.35. The molecule has 25 heavy (non-hydrogen) atoms. The zero-order valence-electron chi connectivity index (χ0n) is 16.1. The van der Waals surface area contributed by atoms with Gasteiger partial charge < -0.3 is 14.9 Å². The summed E-state index contributed by atoms with van der Waals surface area (Å²) in [6, 6.07) is 4.09. The second-order valence-electron chi connectivity index (χ2n) is 8.75. The van der Waals surface area contributed by atoms with Gasteiger partial charge in [-0.3, -0.25) is 0 Å². The van der Waals surface area contributed by atoms with Gasteiger partial charge in [0.05, 0.1) is 12.7 Å². The smallest absolute Gasteiger partial charge is 0.126 e. The Hall–Kier alpha value is -1.22. The molecule has 0 bridgehead atoms. The highest BCUT2D eigenvalue weighted by Gasteiger charge is 2.38. The minimum atomic E-state index is -0.249. The number of hydrogen-bond acceptors (Lipinski definition) is 3. The maximum Gasteiger partial charge on any atom is 0.126 e. The van der Waals surface area contributed by atoms with Gasteiger partial charge in [0.25, 0.3) is 0 Å². The number of unbranched alkanes of at least 4 members (excludes halogenated alkanes) is 3. The maximum absolute atomic E-state index is 10.8. The number of aliphatic hydroxyl groups excluding tert-OH is 1. The van der Waals surface area contributed by atoms with Crippen molar-refractivity contribution in [2.24, 2.45) is 5.92 Å². The van der Waals surface area contributed by atoms with Crippen LogP contribution in [0.3, 0.4) is 0 Å². The third-order valence-electron chi connectivity index (χ3n) is 6.35. The van der Waals surface area contributed by atoms with Crippen molar-refractivity contribution in [2.75, 3.05) is 6.61 Å². The number of aromatic hydroxyl groups is 1. The van der Waals surface area contributed by atoms with Crippen molar-refractivity contribution in [2.45, 2.75) is 89.6 Å². The van der Waals surface area contributed by atoms with Crippen molar-refractivity contribution in [1.82, 2.24) is 0 Å². The molecule has 0 amide bonds. The summed E-state index contributed by atoms with van der Waals surface area (Å²) >= 11 is 0. The topological polar surface area (TPSA) is 49.7 Å². The molecule has 3 heteroatoms. The number of rotatable bonds is 6. The molecule has 1 aliphatic heterocycles. The molecule has 3 unspecified atom stereocenters. The number of phenols is 1. The molecular formula is C22H34O3. The average Bonchev–Trinajstić information content (AvgIpc) is 2.58. The van der Waals surface area contributed by atoms with E-state index in [0.717, 1.165) is 42.6 Å². The standard InChI is InChI=1S/C22H34O3/c1-4-5-6-7-10-22(2,3)16-11-19(24)21-18-13-17(23)9-8-15(18)14-25-20(21)12-16/h11-12,15,17-18,23-24H,4-10,13-14H2,1-3H3. The number of phenolic OH excluding ortho intramolecular Hbond substituents is 1. The Kier molecular flexibility index (Phi) is 5.62. The molecule has 1 heterocycles. The SMILES string of the molecule is CCCCCCC(C)(C)c1cc(O)c2c(c1)OCC1CCC(O)CC21. The zero-order valence-corrected chi connectivity index (χ0v) is 16.1. The Morgan fingerprint density at radius 1 is 1.16 bits per heavy atom. The van der Waals surface area contributed by atoms with Crippen LogP contribution >= 0.6 is 0 Å². The van der Waals surface area contributed by atoms with Crippen LogP contribution in [-0.2, 0) is 5.41 Å². The molecule has 0 saturated heterocycles. The van der Waals surface area contributed by atoms with Crippen molar-refractivity contribution in [3.63, 3.8) is 0 Å². The van der Waals surface area contributed by atoms with E-state index in [0.29, 0.717) is 18.3 Å². The van der Waals surface area contributed by atoms with Gasteiger partial charge in [-0.15, -0.1) is 0 Å². The molecule has 140 valence electrons. The molecule has 0 aromatic heterocycles.